The van der Waals surface area contributed by atoms with Gasteiger partial charge in [0.2, 0.25) is 0 Å². The first-order valence-corrected chi connectivity index (χ1v) is 10.0. The van der Waals surface area contributed by atoms with E-state index in [0.29, 0.717) is 35.5 Å². The minimum absolute atomic E-state index is 0.114. The highest BCUT2D eigenvalue weighted by molar-refractivity contribution is 7.14. The van der Waals surface area contributed by atoms with Gasteiger partial charge in [0, 0.05) is 35.6 Å². The molecule has 4 rings (SSSR count). The molecule has 0 saturated heterocycles. The highest BCUT2D eigenvalue weighted by atomic mass is 32.1. The van der Waals surface area contributed by atoms with Gasteiger partial charge in [0.15, 0.2) is 0 Å². The quantitative estimate of drug-likeness (QED) is 0.700. The average Bonchev–Trinajstić information content (AvgIpc) is 3.16. The molecule has 0 fully saturated rings. The van der Waals surface area contributed by atoms with Gasteiger partial charge in [0.1, 0.15) is 11.6 Å². The molecule has 0 atom stereocenters. The van der Waals surface area contributed by atoms with Gasteiger partial charge < -0.3 is 10.2 Å². The van der Waals surface area contributed by atoms with Crippen LogP contribution in [0.5, 0.6) is 0 Å². The van der Waals surface area contributed by atoms with Crippen LogP contribution in [0.3, 0.4) is 0 Å². The van der Waals surface area contributed by atoms with Gasteiger partial charge in [-0.25, -0.2) is 8.78 Å². The number of thiophene rings is 1. The predicted molar refractivity (Wildman–Crippen MR) is 107 cm³/mol. The molecule has 0 saturated carbocycles. The van der Waals surface area contributed by atoms with E-state index in [4.69, 9.17) is 0 Å². The molecule has 7 heteroatoms. The summed E-state index contributed by atoms with van der Waals surface area (Å²) in [5.74, 6) is -1.16. The fraction of sp³-hybridized carbons (Fsp3) is 0.182. The second kappa shape index (κ2) is 8.13. The molecule has 0 spiro atoms. The fourth-order valence-corrected chi connectivity index (χ4v) is 4.38. The smallest absolute Gasteiger partial charge is 0.261 e. The van der Waals surface area contributed by atoms with Crippen LogP contribution < -0.4 is 5.32 Å². The summed E-state index contributed by atoms with van der Waals surface area (Å²) in [6, 6.07) is 13.6. The van der Waals surface area contributed by atoms with E-state index in [1.54, 1.807) is 29.2 Å². The monoisotopic (exact) mass is 412 g/mol. The zero-order valence-electron chi connectivity index (χ0n) is 15.5. The molecule has 0 unspecified atom stereocenters. The Bertz CT molecular complexity index is 1060. The van der Waals surface area contributed by atoms with Crippen LogP contribution in [-0.4, -0.2) is 23.3 Å². The van der Waals surface area contributed by atoms with Crippen molar-refractivity contribution in [2.75, 3.05) is 6.54 Å². The number of carbonyl (C=O) groups is 2. The predicted octanol–water partition coefficient (Wildman–Crippen LogP) is 4.15. The van der Waals surface area contributed by atoms with Crippen LogP contribution in [0.15, 0.2) is 54.6 Å². The number of carbonyl (C=O) groups excluding carboxylic acids is 2. The van der Waals surface area contributed by atoms with Crippen molar-refractivity contribution in [2.24, 2.45) is 0 Å². The van der Waals surface area contributed by atoms with Crippen molar-refractivity contribution in [3.8, 4) is 0 Å². The number of benzene rings is 2. The van der Waals surface area contributed by atoms with E-state index in [1.165, 1.54) is 41.7 Å². The zero-order valence-corrected chi connectivity index (χ0v) is 16.3. The number of nitrogens with one attached hydrogen (secondary N) is 1. The van der Waals surface area contributed by atoms with Gasteiger partial charge >= 0.3 is 0 Å². The summed E-state index contributed by atoms with van der Waals surface area (Å²) >= 11 is 1.40. The molecular formula is C22H18F2N2O2S. The SMILES string of the molecule is O=C(NCc1ccccc1F)c1cc2c(s1)CCN(C(=O)c1ccc(F)cc1)C2. The van der Waals surface area contributed by atoms with Crippen molar-refractivity contribution in [3.05, 3.63) is 92.7 Å². The van der Waals surface area contributed by atoms with E-state index in [1.807, 2.05) is 0 Å². The molecule has 2 aromatic carbocycles. The zero-order chi connectivity index (χ0) is 20.4. The topological polar surface area (TPSA) is 49.4 Å². The van der Waals surface area contributed by atoms with Crippen LogP contribution in [0.1, 0.15) is 36.0 Å². The maximum atomic E-state index is 13.7. The highest BCUT2D eigenvalue weighted by Crippen LogP contribution is 2.29. The van der Waals surface area contributed by atoms with Crippen molar-refractivity contribution >= 4 is 23.2 Å². The summed E-state index contributed by atoms with van der Waals surface area (Å²) in [5, 5.41) is 2.75. The first-order chi connectivity index (χ1) is 14.0. The Kier molecular flexibility index (Phi) is 5.40. The minimum Gasteiger partial charge on any atom is -0.347 e. The van der Waals surface area contributed by atoms with Crippen LogP contribution in [0, 0.1) is 11.6 Å². The second-order valence-corrected chi connectivity index (χ2v) is 7.95. The molecule has 29 heavy (non-hydrogen) atoms. The number of hydrogen-bond acceptors (Lipinski definition) is 3. The molecule has 3 aromatic rings. The van der Waals surface area contributed by atoms with Crippen LogP contribution in [0.2, 0.25) is 0 Å². The van der Waals surface area contributed by atoms with E-state index in [0.717, 1.165) is 10.4 Å². The van der Waals surface area contributed by atoms with E-state index in [-0.39, 0.29) is 30.0 Å². The van der Waals surface area contributed by atoms with Crippen molar-refractivity contribution in [1.82, 2.24) is 10.2 Å². The Hall–Kier alpha value is -3.06. The number of nitrogens with zero attached hydrogens (tertiary/aromatic N) is 1. The molecule has 1 aliphatic rings. The molecule has 2 heterocycles. The van der Waals surface area contributed by atoms with Crippen LogP contribution in [0.25, 0.3) is 0 Å². The van der Waals surface area contributed by atoms with E-state index < -0.39 is 0 Å². The van der Waals surface area contributed by atoms with Gasteiger partial charge in [-0.05, 0) is 48.4 Å². The number of rotatable bonds is 4. The normalized spacial score (nSPS) is 13.1. The van der Waals surface area contributed by atoms with Gasteiger partial charge in [-0.2, -0.15) is 0 Å². The van der Waals surface area contributed by atoms with Crippen molar-refractivity contribution in [1.29, 1.82) is 0 Å². The van der Waals surface area contributed by atoms with Gasteiger partial charge in [-0.15, -0.1) is 11.3 Å². The summed E-state index contributed by atoms with van der Waals surface area (Å²) < 4.78 is 26.8. The Morgan fingerprint density at radius 1 is 1.07 bits per heavy atom. The Balaban J connectivity index is 1.42. The number of halogens is 2. The van der Waals surface area contributed by atoms with Gasteiger partial charge in [0.05, 0.1) is 4.88 Å². The first-order valence-electron chi connectivity index (χ1n) is 9.19. The fourth-order valence-electron chi connectivity index (χ4n) is 3.30. The minimum atomic E-state index is -0.383. The van der Waals surface area contributed by atoms with E-state index in [9.17, 15) is 18.4 Å². The van der Waals surface area contributed by atoms with Crippen molar-refractivity contribution in [2.45, 2.75) is 19.5 Å². The lowest BCUT2D eigenvalue weighted by Crippen LogP contribution is -2.35. The third kappa shape index (κ3) is 4.19. The lowest BCUT2D eigenvalue weighted by molar-refractivity contribution is 0.0735. The van der Waals surface area contributed by atoms with Crippen molar-refractivity contribution < 1.29 is 18.4 Å². The second-order valence-electron chi connectivity index (χ2n) is 6.82. The number of hydrogen-bond donors (Lipinski definition) is 1. The molecule has 0 aliphatic carbocycles. The number of fused-ring (bicyclic) bond motifs is 1. The first kappa shape index (κ1) is 19.3. The van der Waals surface area contributed by atoms with E-state index in [2.05, 4.69) is 5.32 Å². The van der Waals surface area contributed by atoms with E-state index >= 15 is 0 Å². The molecule has 1 aromatic heterocycles. The lowest BCUT2D eigenvalue weighted by atomic mass is 10.1. The van der Waals surface area contributed by atoms with Crippen molar-refractivity contribution in [3.63, 3.8) is 0 Å². The lowest BCUT2D eigenvalue weighted by Gasteiger charge is -2.27. The Morgan fingerprint density at radius 3 is 2.59 bits per heavy atom. The van der Waals surface area contributed by atoms with Crippen LogP contribution >= 0.6 is 11.3 Å². The van der Waals surface area contributed by atoms with Gasteiger partial charge in [-0.3, -0.25) is 9.59 Å². The summed E-state index contributed by atoms with van der Waals surface area (Å²) in [6.45, 7) is 1.06. The molecule has 1 aliphatic heterocycles. The summed E-state index contributed by atoms with van der Waals surface area (Å²) in [4.78, 5) is 28.4. The molecule has 0 radical (unpaired) electrons. The maximum Gasteiger partial charge on any atom is 0.261 e. The Labute approximate surface area is 170 Å². The van der Waals surface area contributed by atoms with Crippen LogP contribution in [-0.2, 0) is 19.5 Å². The largest absolute Gasteiger partial charge is 0.347 e. The maximum absolute atomic E-state index is 13.7. The Morgan fingerprint density at radius 2 is 1.83 bits per heavy atom. The molecule has 2 amide bonds. The van der Waals surface area contributed by atoms with Crippen LogP contribution in [0.4, 0.5) is 8.78 Å². The average molecular weight is 412 g/mol. The summed E-state index contributed by atoms with van der Waals surface area (Å²) in [6.07, 6.45) is 0.660. The highest BCUT2D eigenvalue weighted by Gasteiger charge is 2.25. The molecule has 1 N–H and O–H groups in total. The summed E-state index contributed by atoms with van der Waals surface area (Å²) in [5.41, 5.74) is 1.80. The molecule has 0 bridgehead atoms. The number of amides is 2. The molecular weight excluding hydrogens is 394 g/mol. The van der Waals surface area contributed by atoms with Gasteiger partial charge in [0.25, 0.3) is 11.8 Å². The third-order valence-electron chi connectivity index (χ3n) is 4.87. The molecule has 148 valence electrons. The third-order valence-corrected chi connectivity index (χ3v) is 6.10. The van der Waals surface area contributed by atoms with Gasteiger partial charge in [-0.1, -0.05) is 18.2 Å². The summed E-state index contributed by atoms with van der Waals surface area (Å²) in [7, 11) is 0. The molecule has 4 nitrogen and oxygen atoms in total. The standard InChI is InChI=1S/C22H18F2N2O2S/c23-17-7-5-14(6-8-17)22(28)26-10-9-19-16(13-26)11-20(29-19)21(27)25-12-15-3-1-2-4-18(15)24/h1-8,11H,9-10,12-13H2,(H,25,27).